The predicted molar refractivity (Wildman–Crippen MR) is 97.5 cm³/mol. The predicted octanol–water partition coefficient (Wildman–Crippen LogP) is 3.25. The molecule has 0 fully saturated rings. The van der Waals surface area contributed by atoms with Gasteiger partial charge >= 0.3 is 5.97 Å². The van der Waals surface area contributed by atoms with Crippen molar-refractivity contribution in [1.29, 1.82) is 0 Å². The van der Waals surface area contributed by atoms with Gasteiger partial charge in [0, 0.05) is 24.2 Å². The van der Waals surface area contributed by atoms with Crippen molar-refractivity contribution in [1.82, 2.24) is 4.90 Å². The van der Waals surface area contributed by atoms with E-state index in [2.05, 4.69) is 11.8 Å². The number of nitrogens with zero attached hydrogens (tertiary/aromatic N) is 1. The molecular formula is C18H19Cl2NO4. The van der Waals surface area contributed by atoms with E-state index in [0.717, 1.165) is 0 Å². The summed E-state index contributed by atoms with van der Waals surface area (Å²) in [6.07, 6.45) is 2.78. The average Bonchev–Trinajstić information content (AvgIpc) is 2.60. The zero-order valence-corrected chi connectivity index (χ0v) is 15.5. The maximum atomic E-state index is 11.7. The molecule has 1 unspecified atom stereocenters. The third kappa shape index (κ3) is 7.97. The number of allylic oxidation sites excluding steroid dienone is 1. The van der Waals surface area contributed by atoms with Gasteiger partial charge in [0.05, 0.1) is 0 Å². The van der Waals surface area contributed by atoms with Gasteiger partial charge in [0.15, 0.2) is 6.61 Å². The van der Waals surface area contributed by atoms with Crippen molar-refractivity contribution >= 4 is 35.1 Å². The third-order valence-electron chi connectivity index (χ3n) is 3.01. The first-order chi connectivity index (χ1) is 12.0. The molecule has 0 aromatic heterocycles. The lowest BCUT2D eigenvalue weighted by Gasteiger charge is -2.15. The van der Waals surface area contributed by atoms with Crippen molar-refractivity contribution in [2.75, 3.05) is 19.7 Å². The van der Waals surface area contributed by atoms with E-state index < -0.39 is 11.5 Å². The summed E-state index contributed by atoms with van der Waals surface area (Å²) >= 11 is 11.6. The summed E-state index contributed by atoms with van der Waals surface area (Å²) in [6.45, 7) is 4.91. The molecule has 25 heavy (non-hydrogen) atoms. The van der Waals surface area contributed by atoms with Gasteiger partial charge in [-0.3, -0.25) is 4.79 Å². The summed E-state index contributed by atoms with van der Waals surface area (Å²) in [5.74, 6) is 4.73. The molecule has 5 nitrogen and oxygen atoms in total. The van der Waals surface area contributed by atoms with E-state index in [9.17, 15) is 9.59 Å². The quantitative estimate of drug-likeness (QED) is 0.314. The number of likely N-dealkylation sites (N-methyl/N-ethyl adjacent to an activating group) is 1. The SMILES string of the molecule is CCN(CC)C(=O)C=CC#CCOC(=O)C(Cl)Oc1ccc(Cl)cc1. The van der Waals surface area contributed by atoms with Crippen LogP contribution < -0.4 is 4.74 Å². The molecular weight excluding hydrogens is 365 g/mol. The van der Waals surface area contributed by atoms with Crippen LogP contribution in [-0.2, 0) is 14.3 Å². The number of esters is 1. The van der Waals surface area contributed by atoms with Gasteiger partial charge in [-0.1, -0.05) is 35.0 Å². The molecule has 0 aliphatic rings. The Labute approximate surface area is 157 Å². The maximum Gasteiger partial charge on any atom is 0.364 e. The van der Waals surface area contributed by atoms with Gasteiger partial charge in [0.25, 0.3) is 5.56 Å². The Bertz CT molecular complexity index is 658. The summed E-state index contributed by atoms with van der Waals surface area (Å²) in [6, 6.07) is 6.40. The topological polar surface area (TPSA) is 55.8 Å². The Kier molecular flexibility index (Phi) is 9.53. The smallest absolute Gasteiger partial charge is 0.364 e. The highest BCUT2D eigenvalue weighted by Gasteiger charge is 2.18. The molecule has 0 saturated heterocycles. The van der Waals surface area contributed by atoms with Crippen LogP contribution in [0.25, 0.3) is 0 Å². The van der Waals surface area contributed by atoms with Gasteiger partial charge in [-0.05, 0) is 44.2 Å². The van der Waals surface area contributed by atoms with E-state index in [1.807, 2.05) is 13.8 Å². The molecule has 0 spiro atoms. The molecule has 1 amide bonds. The molecule has 1 aromatic rings. The number of carbonyl (C=O) groups is 2. The highest BCUT2D eigenvalue weighted by molar-refractivity contribution is 6.30. The van der Waals surface area contributed by atoms with Gasteiger partial charge in [-0.25, -0.2) is 4.79 Å². The number of hydrogen-bond donors (Lipinski definition) is 0. The molecule has 0 heterocycles. The normalized spacial score (nSPS) is 11.4. The highest BCUT2D eigenvalue weighted by Crippen LogP contribution is 2.18. The molecule has 0 aliphatic heterocycles. The summed E-state index contributed by atoms with van der Waals surface area (Å²) in [5.41, 5.74) is -1.29. The van der Waals surface area contributed by atoms with E-state index in [-0.39, 0.29) is 12.5 Å². The molecule has 134 valence electrons. The van der Waals surface area contributed by atoms with Gasteiger partial charge in [0.1, 0.15) is 5.75 Å². The molecule has 0 bridgehead atoms. The zero-order chi connectivity index (χ0) is 18.7. The first-order valence-electron chi connectivity index (χ1n) is 7.64. The van der Waals surface area contributed by atoms with Gasteiger partial charge in [0.2, 0.25) is 5.91 Å². The lowest BCUT2D eigenvalue weighted by Crippen LogP contribution is -2.28. The Morgan fingerprint density at radius 2 is 1.88 bits per heavy atom. The Hall–Kier alpha value is -2.16. The minimum Gasteiger partial charge on any atom is -0.463 e. The van der Waals surface area contributed by atoms with Crippen molar-refractivity contribution in [2.24, 2.45) is 0 Å². The fourth-order valence-electron chi connectivity index (χ4n) is 1.71. The van der Waals surface area contributed by atoms with Crippen LogP contribution in [0.5, 0.6) is 5.75 Å². The molecule has 0 aliphatic carbocycles. The summed E-state index contributed by atoms with van der Waals surface area (Å²) in [4.78, 5) is 25.0. The summed E-state index contributed by atoms with van der Waals surface area (Å²) < 4.78 is 10.1. The van der Waals surface area contributed by atoms with Crippen molar-refractivity contribution in [3.05, 3.63) is 41.4 Å². The van der Waals surface area contributed by atoms with E-state index in [1.54, 1.807) is 29.2 Å². The zero-order valence-electron chi connectivity index (χ0n) is 14.0. The molecule has 7 heteroatoms. The Morgan fingerprint density at radius 3 is 2.48 bits per heavy atom. The highest BCUT2D eigenvalue weighted by atomic mass is 35.5. The third-order valence-corrected chi connectivity index (χ3v) is 3.53. The standard InChI is InChI=1S/C18H19Cl2NO4/c1-3-21(4-2)16(22)8-6-5-7-13-24-18(23)17(20)25-15-11-9-14(19)10-12-15/h6,8-12,17H,3-4,13H2,1-2H3. The number of amides is 1. The van der Waals surface area contributed by atoms with Crippen LogP contribution in [-0.4, -0.2) is 42.0 Å². The molecule has 0 saturated carbocycles. The summed E-state index contributed by atoms with van der Waals surface area (Å²) in [5, 5.41) is 0.545. The number of ether oxygens (including phenoxy) is 2. The second kappa shape index (κ2) is 11.4. The van der Waals surface area contributed by atoms with E-state index in [4.69, 9.17) is 32.7 Å². The van der Waals surface area contributed by atoms with Crippen molar-refractivity contribution in [2.45, 2.75) is 19.4 Å². The molecule has 0 radical (unpaired) electrons. The fourth-order valence-corrected chi connectivity index (χ4v) is 2.00. The van der Waals surface area contributed by atoms with Gasteiger partial charge < -0.3 is 14.4 Å². The number of halogens is 2. The second-order valence-electron chi connectivity index (χ2n) is 4.66. The first kappa shape index (κ1) is 20.9. The van der Waals surface area contributed by atoms with Crippen LogP contribution in [0.2, 0.25) is 5.02 Å². The molecule has 1 atom stereocenters. The monoisotopic (exact) mass is 383 g/mol. The molecule has 1 aromatic carbocycles. The van der Waals surface area contributed by atoms with Crippen LogP contribution in [0.3, 0.4) is 0 Å². The van der Waals surface area contributed by atoms with Crippen molar-refractivity contribution < 1.29 is 19.1 Å². The lowest BCUT2D eigenvalue weighted by atomic mass is 10.3. The van der Waals surface area contributed by atoms with E-state index in [0.29, 0.717) is 23.9 Å². The lowest BCUT2D eigenvalue weighted by molar-refractivity contribution is -0.146. The number of rotatable bonds is 7. The minimum atomic E-state index is -1.29. The Morgan fingerprint density at radius 1 is 1.24 bits per heavy atom. The van der Waals surface area contributed by atoms with E-state index in [1.165, 1.54) is 12.2 Å². The molecule has 0 N–H and O–H groups in total. The molecule has 1 rings (SSSR count). The van der Waals surface area contributed by atoms with Crippen LogP contribution in [0, 0.1) is 11.8 Å². The fraction of sp³-hybridized carbons (Fsp3) is 0.333. The van der Waals surface area contributed by atoms with Crippen LogP contribution in [0.1, 0.15) is 13.8 Å². The van der Waals surface area contributed by atoms with Crippen LogP contribution in [0.4, 0.5) is 0 Å². The number of alkyl halides is 1. The van der Waals surface area contributed by atoms with Crippen LogP contribution in [0.15, 0.2) is 36.4 Å². The van der Waals surface area contributed by atoms with E-state index >= 15 is 0 Å². The Balaban J connectivity index is 2.37. The first-order valence-corrected chi connectivity index (χ1v) is 8.46. The van der Waals surface area contributed by atoms with Crippen LogP contribution >= 0.6 is 23.2 Å². The minimum absolute atomic E-state index is 0.117. The van der Waals surface area contributed by atoms with Gasteiger partial charge in [-0.2, -0.15) is 0 Å². The number of hydrogen-bond acceptors (Lipinski definition) is 4. The summed E-state index contributed by atoms with van der Waals surface area (Å²) in [7, 11) is 0. The van der Waals surface area contributed by atoms with Crippen molar-refractivity contribution in [3.63, 3.8) is 0 Å². The number of carbonyl (C=O) groups excluding carboxylic acids is 2. The van der Waals surface area contributed by atoms with Gasteiger partial charge in [-0.15, -0.1) is 0 Å². The number of benzene rings is 1. The average molecular weight is 384 g/mol. The second-order valence-corrected chi connectivity index (χ2v) is 5.49. The maximum absolute atomic E-state index is 11.7. The largest absolute Gasteiger partial charge is 0.463 e. The van der Waals surface area contributed by atoms with Crippen molar-refractivity contribution in [3.8, 4) is 17.6 Å².